The third kappa shape index (κ3) is 7.11. The lowest BCUT2D eigenvalue weighted by Gasteiger charge is -2.20. The number of hydrogen-bond acceptors (Lipinski definition) is 3. The van der Waals surface area contributed by atoms with Crippen molar-refractivity contribution >= 4 is 12.0 Å². The van der Waals surface area contributed by atoms with Crippen molar-refractivity contribution in [2.24, 2.45) is 5.92 Å². The van der Waals surface area contributed by atoms with Crippen LogP contribution in [-0.4, -0.2) is 42.8 Å². The summed E-state index contributed by atoms with van der Waals surface area (Å²) in [5.41, 5.74) is 0. The minimum Gasteiger partial charge on any atom is -0.480 e. The number of carboxylic acids is 1. The van der Waals surface area contributed by atoms with Gasteiger partial charge >= 0.3 is 12.0 Å². The number of carbonyl (C=O) groups is 2. The molecule has 0 saturated heterocycles. The van der Waals surface area contributed by atoms with E-state index >= 15 is 0 Å². The van der Waals surface area contributed by atoms with E-state index in [0.717, 1.165) is 19.5 Å². The van der Waals surface area contributed by atoms with Gasteiger partial charge in [0.1, 0.15) is 6.04 Å². The Labute approximate surface area is 109 Å². The predicted molar refractivity (Wildman–Crippen MR) is 70.6 cm³/mol. The van der Waals surface area contributed by atoms with Crippen LogP contribution in [0.4, 0.5) is 4.79 Å². The van der Waals surface area contributed by atoms with Gasteiger partial charge < -0.3 is 21.1 Å². The molecular formula is C12H25N3O3. The highest BCUT2D eigenvalue weighted by Crippen LogP contribution is 2.07. The van der Waals surface area contributed by atoms with Crippen LogP contribution in [0.3, 0.4) is 0 Å². The average Bonchev–Trinajstić information content (AvgIpc) is 2.34. The van der Waals surface area contributed by atoms with Crippen LogP contribution in [-0.2, 0) is 4.79 Å². The Morgan fingerprint density at radius 2 is 1.89 bits per heavy atom. The van der Waals surface area contributed by atoms with Crippen molar-refractivity contribution in [1.82, 2.24) is 16.0 Å². The number of aliphatic carboxylic acids is 1. The van der Waals surface area contributed by atoms with Crippen LogP contribution in [0, 0.1) is 5.92 Å². The van der Waals surface area contributed by atoms with Crippen LogP contribution >= 0.6 is 0 Å². The molecule has 0 aromatic rings. The molecule has 4 N–H and O–H groups in total. The van der Waals surface area contributed by atoms with E-state index in [1.807, 2.05) is 20.8 Å². The molecule has 0 aliphatic rings. The second kappa shape index (κ2) is 9.70. The van der Waals surface area contributed by atoms with Crippen LogP contribution in [0.5, 0.6) is 0 Å². The summed E-state index contributed by atoms with van der Waals surface area (Å²) in [7, 11) is 0. The van der Waals surface area contributed by atoms with Crippen molar-refractivity contribution in [2.45, 2.75) is 39.7 Å². The molecule has 2 atom stereocenters. The van der Waals surface area contributed by atoms with Crippen molar-refractivity contribution in [3.8, 4) is 0 Å². The van der Waals surface area contributed by atoms with E-state index in [1.54, 1.807) is 0 Å². The van der Waals surface area contributed by atoms with Gasteiger partial charge in [-0.2, -0.15) is 0 Å². The highest BCUT2D eigenvalue weighted by Gasteiger charge is 2.24. The molecule has 0 fully saturated rings. The van der Waals surface area contributed by atoms with E-state index in [1.165, 1.54) is 0 Å². The van der Waals surface area contributed by atoms with Gasteiger partial charge in [-0.3, -0.25) is 0 Å². The standard InChI is InChI=1S/C12H25N3O3/c1-4-9(3)10(11(16)17)15-12(18)14-8-6-7-13-5-2/h9-10,13H,4-8H2,1-3H3,(H,16,17)(H2,14,15,18)/t9?,10-/m0/s1. The van der Waals surface area contributed by atoms with E-state index in [-0.39, 0.29) is 5.92 Å². The molecular weight excluding hydrogens is 234 g/mol. The largest absolute Gasteiger partial charge is 0.480 e. The van der Waals surface area contributed by atoms with Gasteiger partial charge in [-0.05, 0) is 25.4 Å². The molecule has 0 saturated carbocycles. The molecule has 2 amide bonds. The highest BCUT2D eigenvalue weighted by atomic mass is 16.4. The van der Waals surface area contributed by atoms with Crippen LogP contribution in [0.25, 0.3) is 0 Å². The number of rotatable bonds is 9. The summed E-state index contributed by atoms with van der Waals surface area (Å²) in [6.07, 6.45) is 1.53. The summed E-state index contributed by atoms with van der Waals surface area (Å²) in [5.74, 6) is -1.08. The number of urea groups is 1. The molecule has 0 heterocycles. The molecule has 1 unspecified atom stereocenters. The van der Waals surface area contributed by atoms with Gasteiger partial charge in [0.2, 0.25) is 0 Å². The molecule has 0 aliphatic heterocycles. The fraction of sp³-hybridized carbons (Fsp3) is 0.833. The first kappa shape index (κ1) is 16.7. The number of amides is 2. The topological polar surface area (TPSA) is 90.5 Å². The minimum absolute atomic E-state index is 0.0880. The van der Waals surface area contributed by atoms with Crippen LogP contribution in [0.15, 0.2) is 0 Å². The van der Waals surface area contributed by atoms with Gasteiger partial charge in [-0.15, -0.1) is 0 Å². The fourth-order valence-corrected chi connectivity index (χ4v) is 1.47. The first-order valence-corrected chi connectivity index (χ1v) is 6.50. The summed E-state index contributed by atoms with van der Waals surface area (Å²) >= 11 is 0. The van der Waals surface area contributed by atoms with Gasteiger partial charge in [-0.25, -0.2) is 9.59 Å². The maximum atomic E-state index is 11.5. The van der Waals surface area contributed by atoms with Crippen LogP contribution in [0.1, 0.15) is 33.6 Å². The number of carbonyl (C=O) groups excluding carboxylic acids is 1. The maximum absolute atomic E-state index is 11.5. The lowest BCUT2D eigenvalue weighted by atomic mass is 9.99. The van der Waals surface area contributed by atoms with Crippen molar-refractivity contribution < 1.29 is 14.7 Å². The lowest BCUT2D eigenvalue weighted by Crippen LogP contribution is -2.49. The molecule has 106 valence electrons. The highest BCUT2D eigenvalue weighted by molar-refractivity contribution is 5.82. The minimum atomic E-state index is -0.993. The SMILES string of the molecule is CCNCCCNC(=O)N[C@H](C(=O)O)C(C)CC. The Hall–Kier alpha value is -1.30. The average molecular weight is 259 g/mol. The Morgan fingerprint density at radius 3 is 2.39 bits per heavy atom. The Kier molecular flexibility index (Phi) is 9.00. The first-order chi connectivity index (χ1) is 8.52. The van der Waals surface area contributed by atoms with E-state index in [4.69, 9.17) is 5.11 Å². The summed E-state index contributed by atoms with van der Waals surface area (Å²) in [4.78, 5) is 22.5. The second-order valence-corrected chi connectivity index (χ2v) is 4.31. The smallest absolute Gasteiger partial charge is 0.326 e. The molecule has 0 rings (SSSR count). The zero-order valence-corrected chi connectivity index (χ0v) is 11.5. The maximum Gasteiger partial charge on any atom is 0.326 e. The summed E-state index contributed by atoms with van der Waals surface area (Å²) < 4.78 is 0. The van der Waals surface area contributed by atoms with E-state index in [2.05, 4.69) is 16.0 Å². The number of carboxylic acid groups (broad SMARTS) is 1. The predicted octanol–water partition coefficient (Wildman–Crippen LogP) is 0.785. The third-order valence-corrected chi connectivity index (χ3v) is 2.83. The molecule has 0 aliphatic carbocycles. The van der Waals surface area contributed by atoms with Gasteiger partial charge in [0, 0.05) is 6.54 Å². The number of hydrogen-bond donors (Lipinski definition) is 4. The molecule has 6 nitrogen and oxygen atoms in total. The Bertz CT molecular complexity index is 259. The summed E-state index contributed by atoms with van der Waals surface area (Å²) in [5, 5.41) is 17.3. The zero-order chi connectivity index (χ0) is 14.0. The first-order valence-electron chi connectivity index (χ1n) is 6.50. The van der Waals surface area contributed by atoms with Crippen molar-refractivity contribution in [2.75, 3.05) is 19.6 Å². The van der Waals surface area contributed by atoms with Gasteiger partial charge in [-0.1, -0.05) is 27.2 Å². The van der Waals surface area contributed by atoms with E-state index in [0.29, 0.717) is 13.0 Å². The molecule has 0 radical (unpaired) electrons. The molecule has 6 heteroatoms. The Balaban J connectivity index is 3.92. The van der Waals surface area contributed by atoms with E-state index in [9.17, 15) is 9.59 Å². The molecule has 0 spiro atoms. The van der Waals surface area contributed by atoms with Gasteiger partial charge in [0.15, 0.2) is 0 Å². The fourth-order valence-electron chi connectivity index (χ4n) is 1.47. The van der Waals surface area contributed by atoms with Crippen LogP contribution in [0.2, 0.25) is 0 Å². The third-order valence-electron chi connectivity index (χ3n) is 2.83. The number of nitrogens with one attached hydrogen (secondary N) is 3. The monoisotopic (exact) mass is 259 g/mol. The molecule has 18 heavy (non-hydrogen) atoms. The van der Waals surface area contributed by atoms with E-state index < -0.39 is 18.0 Å². The van der Waals surface area contributed by atoms with Crippen molar-refractivity contribution in [3.63, 3.8) is 0 Å². The van der Waals surface area contributed by atoms with Crippen molar-refractivity contribution in [1.29, 1.82) is 0 Å². The van der Waals surface area contributed by atoms with Crippen molar-refractivity contribution in [3.05, 3.63) is 0 Å². The quantitative estimate of drug-likeness (QED) is 0.461. The normalized spacial score (nSPS) is 13.7. The molecule has 0 bridgehead atoms. The summed E-state index contributed by atoms with van der Waals surface area (Å²) in [6, 6.07) is -1.25. The van der Waals surface area contributed by atoms with Gasteiger partial charge in [0.25, 0.3) is 0 Å². The van der Waals surface area contributed by atoms with Crippen LogP contribution < -0.4 is 16.0 Å². The lowest BCUT2D eigenvalue weighted by molar-refractivity contribution is -0.140. The second-order valence-electron chi connectivity index (χ2n) is 4.31. The van der Waals surface area contributed by atoms with Gasteiger partial charge in [0.05, 0.1) is 0 Å². The zero-order valence-electron chi connectivity index (χ0n) is 11.5. The molecule has 0 aromatic heterocycles. The molecule has 0 aromatic carbocycles. The summed E-state index contributed by atoms with van der Waals surface area (Å²) in [6.45, 7) is 8.00. The Morgan fingerprint density at radius 1 is 1.22 bits per heavy atom.